The largest absolute Gasteiger partial charge is 0.343 e. The fourth-order valence-electron chi connectivity index (χ4n) is 1.72. The van der Waals surface area contributed by atoms with E-state index in [1.807, 2.05) is 25.1 Å². The van der Waals surface area contributed by atoms with Crippen molar-refractivity contribution in [2.75, 3.05) is 6.54 Å². The summed E-state index contributed by atoms with van der Waals surface area (Å²) < 4.78 is 1.61. The molecule has 0 aliphatic heterocycles. The highest BCUT2D eigenvalue weighted by atomic mass is 32.2. The third-order valence-electron chi connectivity index (χ3n) is 2.63. The van der Waals surface area contributed by atoms with Gasteiger partial charge in [0.1, 0.15) is 0 Å². The van der Waals surface area contributed by atoms with Crippen LogP contribution in [0.25, 0.3) is 0 Å². The maximum Gasteiger partial charge on any atom is 0.343 e. The highest BCUT2D eigenvalue weighted by molar-refractivity contribution is 7.99. The van der Waals surface area contributed by atoms with Crippen molar-refractivity contribution in [2.24, 2.45) is 5.73 Å². The van der Waals surface area contributed by atoms with Crippen LogP contribution in [0.5, 0.6) is 0 Å². The lowest BCUT2D eigenvalue weighted by atomic mass is 10.1. The summed E-state index contributed by atoms with van der Waals surface area (Å²) >= 11 is 1.49. The molecule has 96 valence electrons. The monoisotopic (exact) mass is 264 g/mol. The second-order valence-electron chi connectivity index (χ2n) is 3.80. The minimum Gasteiger partial charge on any atom is -0.330 e. The summed E-state index contributed by atoms with van der Waals surface area (Å²) in [6, 6.07) is 8.04. The maximum absolute atomic E-state index is 11.5. The Hall–Kier alpha value is -1.53. The highest BCUT2D eigenvalue weighted by Gasteiger charge is 2.10. The molecule has 0 aliphatic carbocycles. The van der Waals surface area contributed by atoms with Crippen LogP contribution in [-0.2, 0) is 13.0 Å². The molecule has 0 bridgehead atoms. The predicted molar refractivity (Wildman–Crippen MR) is 71.8 cm³/mol. The van der Waals surface area contributed by atoms with E-state index in [2.05, 4.69) is 16.3 Å². The fourth-order valence-corrected chi connectivity index (χ4v) is 2.78. The smallest absolute Gasteiger partial charge is 0.330 e. The molecule has 18 heavy (non-hydrogen) atoms. The number of hydrogen-bond acceptors (Lipinski definition) is 4. The van der Waals surface area contributed by atoms with Crippen molar-refractivity contribution in [3.8, 4) is 0 Å². The van der Waals surface area contributed by atoms with Crippen LogP contribution < -0.4 is 11.4 Å². The molecule has 3 N–H and O–H groups in total. The topological polar surface area (TPSA) is 76.7 Å². The summed E-state index contributed by atoms with van der Waals surface area (Å²) in [5.74, 6) is 0. The minimum absolute atomic E-state index is 0.170. The SMILES string of the molecule is CCn1c(Sc2ccccc2CCN)n[nH]c1=O. The zero-order chi connectivity index (χ0) is 13.0. The number of benzene rings is 1. The van der Waals surface area contributed by atoms with E-state index in [4.69, 9.17) is 5.73 Å². The van der Waals surface area contributed by atoms with E-state index in [-0.39, 0.29) is 5.69 Å². The van der Waals surface area contributed by atoms with E-state index in [9.17, 15) is 4.79 Å². The van der Waals surface area contributed by atoms with Crippen molar-refractivity contribution in [3.63, 3.8) is 0 Å². The molecule has 0 amide bonds. The van der Waals surface area contributed by atoms with E-state index in [0.717, 1.165) is 11.3 Å². The van der Waals surface area contributed by atoms with Gasteiger partial charge in [0.05, 0.1) is 0 Å². The summed E-state index contributed by atoms with van der Waals surface area (Å²) in [4.78, 5) is 12.6. The first-order valence-electron chi connectivity index (χ1n) is 5.87. The molecule has 6 heteroatoms. The van der Waals surface area contributed by atoms with Crippen molar-refractivity contribution in [1.29, 1.82) is 0 Å². The quantitative estimate of drug-likeness (QED) is 0.852. The molecule has 0 unspecified atom stereocenters. The first-order valence-corrected chi connectivity index (χ1v) is 6.69. The van der Waals surface area contributed by atoms with Gasteiger partial charge in [-0.15, -0.1) is 5.10 Å². The lowest BCUT2D eigenvalue weighted by molar-refractivity contribution is 0.660. The van der Waals surface area contributed by atoms with Gasteiger partial charge in [0.2, 0.25) is 0 Å². The number of aromatic nitrogens is 3. The Bertz CT molecular complexity index is 575. The molecule has 0 aliphatic rings. The van der Waals surface area contributed by atoms with E-state index in [1.165, 1.54) is 17.3 Å². The summed E-state index contributed by atoms with van der Waals surface area (Å²) in [7, 11) is 0. The van der Waals surface area contributed by atoms with Gasteiger partial charge in [0.25, 0.3) is 0 Å². The summed E-state index contributed by atoms with van der Waals surface area (Å²) in [6.07, 6.45) is 0.823. The third kappa shape index (κ3) is 2.65. The Morgan fingerprint density at radius 2 is 2.22 bits per heavy atom. The zero-order valence-corrected chi connectivity index (χ0v) is 11.0. The molecule has 0 atom stereocenters. The molecular formula is C12H16N4OS. The van der Waals surface area contributed by atoms with Gasteiger partial charge in [-0.3, -0.25) is 4.57 Å². The molecule has 1 aromatic heterocycles. The van der Waals surface area contributed by atoms with Gasteiger partial charge in [-0.2, -0.15) is 0 Å². The van der Waals surface area contributed by atoms with Crippen LogP contribution in [0.3, 0.4) is 0 Å². The van der Waals surface area contributed by atoms with Crippen LogP contribution in [0.15, 0.2) is 39.1 Å². The van der Waals surface area contributed by atoms with Gasteiger partial charge < -0.3 is 5.73 Å². The molecule has 5 nitrogen and oxygen atoms in total. The first kappa shape index (κ1) is 12.9. The van der Waals surface area contributed by atoms with E-state index < -0.39 is 0 Å². The molecule has 0 radical (unpaired) electrons. The zero-order valence-electron chi connectivity index (χ0n) is 10.2. The molecule has 1 heterocycles. The van der Waals surface area contributed by atoms with Crippen molar-refractivity contribution in [3.05, 3.63) is 40.3 Å². The first-order chi connectivity index (χ1) is 8.76. The van der Waals surface area contributed by atoms with E-state index >= 15 is 0 Å². The Labute approximate surface area is 109 Å². The summed E-state index contributed by atoms with van der Waals surface area (Å²) in [5.41, 5.74) is 6.61. The molecule has 0 saturated heterocycles. The van der Waals surface area contributed by atoms with Gasteiger partial charge in [0.15, 0.2) is 5.16 Å². The number of nitrogens with two attached hydrogens (primary N) is 1. The Morgan fingerprint density at radius 1 is 1.44 bits per heavy atom. The van der Waals surface area contributed by atoms with Crippen LogP contribution in [0.2, 0.25) is 0 Å². The van der Waals surface area contributed by atoms with Crippen molar-refractivity contribution < 1.29 is 0 Å². The number of nitrogens with one attached hydrogen (secondary N) is 1. The second-order valence-corrected chi connectivity index (χ2v) is 4.81. The molecule has 2 rings (SSSR count). The lowest BCUT2D eigenvalue weighted by Crippen LogP contribution is -2.16. The number of nitrogens with zero attached hydrogens (tertiary/aromatic N) is 2. The van der Waals surface area contributed by atoms with Crippen LogP contribution in [0, 0.1) is 0 Å². The molecular weight excluding hydrogens is 248 g/mol. The van der Waals surface area contributed by atoms with E-state index in [0.29, 0.717) is 18.2 Å². The average molecular weight is 264 g/mol. The highest BCUT2D eigenvalue weighted by Crippen LogP contribution is 2.28. The summed E-state index contributed by atoms with van der Waals surface area (Å²) in [6.45, 7) is 3.14. The molecule has 0 saturated carbocycles. The van der Waals surface area contributed by atoms with E-state index in [1.54, 1.807) is 4.57 Å². The molecule has 2 aromatic rings. The maximum atomic E-state index is 11.5. The lowest BCUT2D eigenvalue weighted by Gasteiger charge is -2.07. The number of aromatic amines is 1. The van der Waals surface area contributed by atoms with Crippen LogP contribution in [-0.4, -0.2) is 21.3 Å². The second kappa shape index (κ2) is 5.88. The van der Waals surface area contributed by atoms with Crippen LogP contribution in [0.1, 0.15) is 12.5 Å². The van der Waals surface area contributed by atoms with Crippen molar-refractivity contribution in [2.45, 2.75) is 29.9 Å². The molecule has 0 fully saturated rings. The van der Waals surface area contributed by atoms with Crippen LogP contribution >= 0.6 is 11.8 Å². The average Bonchev–Trinajstić information content (AvgIpc) is 2.72. The van der Waals surface area contributed by atoms with Gasteiger partial charge in [-0.05, 0) is 43.3 Å². The van der Waals surface area contributed by atoms with Gasteiger partial charge >= 0.3 is 5.69 Å². The standard InChI is InChI=1S/C12H16N4OS/c1-2-16-11(17)14-15-12(16)18-10-6-4-3-5-9(10)7-8-13/h3-6H,2,7-8,13H2,1H3,(H,14,17). The number of rotatable bonds is 5. The predicted octanol–water partition coefficient (Wildman–Crippen LogP) is 1.24. The number of hydrogen-bond donors (Lipinski definition) is 2. The Kier molecular flexibility index (Phi) is 4.22. The van der Waals surface area contributed by atoms with Gasteiger partial charge in [-0.25, -0.2) is 9.89 Å². The molecule has 1 aromatic carbocycles. The summed E-state index contributed by atoms with van der Waals surface area (Å²) in [5, 5.41) is 7.20. The Balaban J connectivity index is 2.31. The van der Waals surface area contributed by atoms with Crippen molar-refractivity contribution >= 4 is 11.8 Å². The van der Waals surface area contributed by atoms with Crippen molar-refractivity contribution in [1.82, 2.24) is 14.8 Å². The Morgan fingerprint density at radius 3 is 2.94 bits per heavy atom. The third-order valence-corrected chi connectivity index (χ3v) is 3.74. The molecule has 0 spiro atoms. The van der Waals surface area contributed by atoms with Gasteiger partial charge in [-0.1, -0.05) is 18.2 Å². The van der Waals surface area contributed by atoms with Gasteiger partial charge in [0, 0.05) is 11.4 Å². The van der Waals surface area contributed by atoms with Crippen LogP contribution in [0.4, 0.5) is 0 Å². The normalized spacial score (nSPS) is 10.8. The fraction of sp³-hybridized carbons (Fsp3) is 0.333. The number of H-pyrrole nitrogens is 1. The minimum atomic E-state index is -0.170.